The summed E-state index contributed by atoms with van der Waals surface area (Å²) in [5.74, 6) is -4.53. The number of fused-ring (bicyclic) bond motifs is 6. The minimum atomic E-state index is -2.20. The number of alkyl halides is 1. The van der Waals surface area contributed by atoms with Crippen LogP contribution in [0.25, 0.3) is 71.7 Å². The number of allylic oxidation sites excluding steroid dienone is 2. The number of phenols is 1. The van der Waals surface area contributed by atoms with Crippen molar-refractivity contribution in [1.29, 1.82) is 0 Å². The molecule has 0 radical (unpaired) electrons. The van der Waals surface area contributed by atoms with Crippen molar-refractivity contribution < 1.29 is 32.9 Å². The summed E-state index contributed by atoms with van der Waals surface area (Å²) in [5, 5.41) is 30.4. The van der Waals surface area contributed by atoms with Crippen LogP contribution in [0.2, 0.25) is 0 Å². The summed E-state index contributed by atoms with van der Waals surface area (Å²) in [6.07, 6.45) is 5.55. The molecule has 2 aromatic heterocycles. The highest BCUT2D eigenvalue weighted by atomic mass is 19.1. The zero-order valence-corrected chi connectivity index (χ0v) is 58.3. The molecule has 0 bridgehead atoms. The molecular weight excluding hydrogens is 1130 g/mol. The van der Waals surface area contributed by atoms with E-state index in [0.717, 1.165) is 78.5 Å². The number of nitrogens with zero attached hydrogens (tertiary/aromatic N) is 2. The van der Waals surface area contributed by atoms with Crippen LogP contribution in [0.3, 0.4) is 0 Å². The second kappa shape index (κ2) is 22.6. The highest BCUT2D eigenvalue weighted by Gasteiger charge is 2.50. The summed E-state index contributed by atoms with van der Waals surface area (Å²) in [7, 11) is 0. The monoisotopic (exact) mass is 1230 g/mol. The van der Waals surface area contributed by atoms with Gasteiger partial charge in [-0.3, -0.25) is 0 Å². The lowest BCUT2D eigenvalue weighted by molar-refractivity contribution is -0.129. The van der Waals surface area contributed by atoms with Gasteiger partial charge in [0.15, 0.2) is 17.2 Å². The first-order chi connectivity index (χ1) is 41.8. The van der Waals surface area contributed by atoms with Gasteiger partial charge in [0.05, 0.1) is 34.4 Å². The Kier molecular flexibility index (Phi) is 16.6. The third kappa shape index (κ3) is 13.1. The molecule has 2 heterocycles. The molecule has 0 amide bonds. The van der Waals surface area contributed by atoms with E-state index in [1.165, 1.54) is 35.4 Å². The maximum Gasteiger partial charge on any atom is 0.213 e. The van der Waals surface area contributed by atoms with Crippen molar-refractivity contribution in [2.24, 2.45) is 16.2 Å². The fourth-order valence-corrected chi connectivity index (χ4v) is 14.3. The Balaban J connectivity index is 1.07. The summed E-state index contributed by atoms with van der Waals surface area (Å²) >= 11 is 0. The lowest BCUT2D eigenvalue weighted by Crippen LogP contribution is -2.45. The molecular formula is C82H99F3N2O4. The molecule has 0 saturated carbocycles. The van der Waals surface area contributed by atoms with Gasteiger partial charge >= 0.3 is 0 Å². The number of hydrogen-bond donors (Lipinski definition) is 2. The van der Waals surface area contributed by atoms with E-state index in [9.17, 15) is 10.2 Å². The lowest BCUT2D eigenvalue weighted by atomic mass is 9.65. The number of phenolic OH excluding ortho intramolecular Hbond substituents is 1. The number of aromatic nitrogens is 2. The van der Waals surface area contributed by atoms with Crippen LogP contribution in [0, 0.1) is 27.9 Å². The number of aromatic hydroxyl groups is 1. The van der Waals surface area contributed by atoms with E-state index in [1.807, 2.05) is 50.2 Å². The molecule has 2 unspecified atom stereocenters. The molecule has 10 rings (SSSR count). The molecule has 0 fully saturated rings. The number of hydrogen-bond acceptors (Lipinski definition) is 4. The number of aliphatic hydroxyl groups is 1. The smallest absolute Gasteiger partial charge is 0.213 e. The zero-order valence-electron chi connectivity index (χ0n) is 58.3. The van der Waals surface area contributed by atoms with Gasteiger partial charge in [0.1, 0.15) is 18.2 Å². The van der Waals surface area contributed by atoms with Gasteiger partial charge in [-0.2, -0.15) is 0 Å². The van der Waals surface area contributed by atoms with Crippen molar-refractivity contribution >= 4 is 49.2 Å². The standard InChI is InChI=1S/C82H99F3N2O4/c1-73(2,3)48-79(19,20)55-43-62(71(88)70(44-55)87-68-32-28-53(77(13,14)15)41-60(68)61-42-54(78(16,17)18)29-33-69(61)87)63-45-56(83)46-65(84)72(63)90-36-37-91-82(89)35-34-81(85,80(21,22)49-74(4,5)6)47-64(82)50-24-23-25-57(38-50)86-66-30-26-51(75(7,8)9)39-58(66)59-40-52(76(10,11)12)27-31-67(59)86/h23-35,38-47,88-89H,36-37,48-49H2,1-22H3. The Morgan fingerprint density at radius 2 is 0.934 bits per heavy atom. The van der Waals surface area contributed by atoms with Crippen LogP contribution in [0.1, 0.15) is 199 Å². The van der Waals surface area contributed by atoms with Crippen LogP contribution in [0.15, 0.2) is 140 Å². The average Bonchev–Trinajstić information content (AvgIpc) is 1.43. The van der Waals surface area contributed by atoms with E-state index < -0.39 is 33.9 Å². The molecule has 7 aromatic carbocycles. The molecule has 9 heteroatoms. The van der Waals surface area contributed by atoms with E-state index in [0.29, 0.717) is 17.7 Å². The van der Waals surface area contributed by atoms with Crippen molar-refractivity contribution in [3.63, 3.8) is 0 Å². The third-order valence-corrected chi connectivity index (χ3v) is 18.7. The highest BCUT2D eigenvalue weighted by Crippen LogP contribution is 2.52. The van der Waals surface area contributed by atoms with E-state index in [-0.39, 0.29) is 73.9 Å². The van der Waals surface area contributed by atoms with Crippen molar-refractivity contribution in [3.8, 4) is 34.0 Å². The molecule has 482 valence electrons. The summed E-state index contributed by atoms with van der Waals surface area (Å²) in [6, 6.07) is 39.9. The molecule has 1 aliphatic rings. The van der Waals surface area contributed by atoms with Crippen molar-refractivity contribution in [3.05, 3.63) is 185 Å². The van der Waals surface area contributed by atoms with Crippen LogP contribution in [0.4, 0.5) is 13.2 Å². The Bertz CT molecular complexity index is 4230. The zero-order chi connectivity index (χ0) is 66.9. The Labute approximate surface area is 540 Å². The van der Waals surface area contributed by atoms with Crippen LogP contribution in [-0.2, 0) is 31.8 Å². The summed E-state index contributed by atoms with van der Waals surface area (Å²) < 4.78 is 68.5. The minimum Gasteiger partial charge on any atom is -0.505 e. The predicted octanol–water partition coefficient (Wildman–Crippen LogP) is 22.3. The molecule has 0 aliphatic heterocycles. The molecule has 91 heavy (non-hydrogen) atoms. The minimum absolute atomic E-state index is 0.00162. The Morgan fingerprint density at radius 3 is 1.38 bits per heavy atom. The lowest BCUT2D eigenvalue weighted by Gasteiger charge is -2.44. The average molecular weight is 1230 g/mol. The maximum absolute atomic E-state index is 18.3. The first-order valence-electron chi connectivity index (χ1n) is 32.6. The molecule has 2 N–H and O–H groups in total. The first kappa shape index (κ1) is 66.8. The van der Waals surface area contributed by atoms with Gasteiger partial charge in [0, 0.05) is 55.4 Å². The normalized spacial score (nSPS) is 17.5. The fraction of sp³-hybridized carbons (Fsp3) is 0.439. The number of benzene rings is 7. The number of ether oxygens (including phenoxy) is 2. The maximum atomic E-state index is 18.3. The van der Waals surface area contributed by atoms with E-state index in [2.05, 4.69) is 220 Å². The highest BCUT2D eigenvalue weighted by molar-refractivity contribution is 6.11. The number of halogens is 3. The van der Waals surface area contributed by atoms with Crippen LogP contribution < -0.4 is 4.74 Å². The summed E-state index contributed by atoms with van der Waals surface area (Å²) in [6.45, 7) is 46.8. The SMILES string of the molecule is CC(C)(C)CC(C)(C)c1cc(-c2cc(F)cc(F)c2OCCOC2(O)C=CC(F)(C(C)(C)CC(C)(C)C)C=C2c2cccc(-n3c4ccc(C(C)(C)C)cc4c4cc(C(C)(C)C)ccc43)c2)c(O)c(-n2c3ccc(C(C)(C)C)cc3c3cc(C(C)(C)C)ccc32)c1. The van der Waals surface area contributed by atoms with E-state index in [4.69, 9.17) is 9.47 Å². The van der Waals surface area contributed by atoms with Gasteiger partial charge in [-0.25, -0.2) is 13.2 Å². The third-order valence-electron chi connectivity index (χ3n) is 18.7. The summed E-state index contributed by atoms with van der Waals surface area (Å²) in [4.78, 5) is 0. The molecule has 1 aliphatic carbocycles. The second-order valence-electron chi connectivity index (χ2n) is 34.1. The molecule has 9 aromatic rings. The number of rotatable bonds is 13. The quantitative estimate of drug-likeness (QED) is 0.0686. The van der Waals surface area contributed by atoms with Gasteiger partial charge in [0.2, 0.25) is 5.79 Å². The Morgan fingerprint density at radius 1 is 0.473 bits per heavy atom. The molecule has 0 spiro atoms. The first-order valence-corrected chi connectivity index (χ1v) is 32.6. The molecule has 6 nitrogen and oxygen atoms in total. The molecule has 2 atom stereocenters. The van der Waals surface area contributed by atoms with Gasteiger partial charge in [0.25, 0.3) is 0 Å². The van der Waals surface area contributed by atoms with Gasteiger partial charge in [-0.05, 0) is 181 Å². The van der Waals surface area contributed by atoms with Gasteiger partial charge < -0.3 is 28.8 Å². The molecule has 0 saturated heterocycles. The fourth-order valence-electron chi connectivity index (χ4n) is 14.3. The van der Waals surface area contributed by atoms with E-state index in [1.54, 1.807) is 0 Å². The summed E-state index contributed by atoms with van der Waals surface area (Å²) in [5.41, 5.74) is 7.20. The van der Waals surface area contributed by atoms with Gasteiger partial charge in [-0.15, -0.1) is 0 Å². The topological polar surface area (TPSA) is 68.8 Å². The van der Waals surface area contributed by atoms with Crippen molar-refractivity contribution in [2.45, 2.75) is 204 Å². The Hall–Kier alpha value is -7.07. The second-order valence-corrected chi connectivity index (χ2v) is 34.1. The van der Waals surface area contributed by atoms with Crippen molar-refractivity contribution in [2.75, 3.05) is 13.2 Å². The van der Waals surface area contributed by atoms with Gasteiger partial charge in [-0.1, -0.05) is 189 Å². The van der Waals surface area contributed by atoms with E-state index >= 15 is 13.2 Å². The van der Waals surface area contributed by atoms with Crippen molar-refractivity contribution in [1.82, 2.24) is 9.13 Å². The van der Waals surface area contributed by atoms with Crippen LogP contribution >= 0.6 is 0 Å². The largest absolute Gasteiger partial charge is 0.505 e. The van der Waals surface area contributed by atoms with Crippen LogP contribution in [0.5, 0.6) is 11.5 Å². The van der Waals surface area contributed by atoms with Crippen LogP contribution in [-0.4, -0.2) is 44.0 Å². The predicted molar refractivity (Wildman–Crippen MR) is 376 cm³/mol.